The van der Waals surface area contributed by atoms with Crippen molar-refractivity contribution in [3.05, 3.63) is 59.7 Å². The van der Waals surface area contributed by atoms with Crippen LogP contribution in [0.5, 0.6) is 0 Å². The van der Waals surface area contributed by atoms with Gasteiger partial charge in [0.15, 0.2) is 0 Å². The van der Waals surface area contributed by atoms with Crippen LogP contribution in [-0.4, -0.2) is 43.7 Å². The molecule has 1 fully saturated rings. The van der Waals surface area contributed by atoms with Gasteiger partial charge in [0, 0.05) is 50.1 Å². The molecule has 1 N–H and O–H groups in total. The van der Waals surface area contributed by atoms with Crippen molar-refractivity contribution in [1.29, 1.82) is 0 Å². The summed E-state index contributed by atoms with van der Waals surface area (Å²) in [5.74, 6) is 0. The highest BCUT2D eigenvalue weighted by Gasteiger charge is 2.20. The summed E-state index contributed by atoms with van der Waals surface area (Å²) in [4.78, 5) is 5.11. The Bertz CT molecular complexity index is 703. The molecule has 2 heterocycles. The average Bonchev–Trinajstić information content (AvgIpc) is 2.81. The molecule has 2 aliphatic rings. The van der Waals surface area contributed by atoms with Gasteiger partial charge in [-0.15, -0.1) is 0 Å². The zero-order valence-corrected chi connectivity index (χ0v) is 15.0. The van der Waals surface area contributed by atoms with E-state index in [2.05, 4.69) is 82.7 Å². The lowest BCUT2D eigenvalue weighted by Gasteiger charge is -2.35. The van der Waals surface area contributed by atoms with Crippen LogP contribution in [0.2, 0.25) is 0 Å². The van der Waals surface area contributed by atoms with Crippen LogP contribution in [0.3, 0.4) is 0 Å². The Labute approximate surface area is 151 Å². The highest BCUT2D eigenvalue weighted by Crippen LogP contribution is 2.36. The molecule has 4 rings (SSSR count). The molecule has 1 saturated heterocycles. The van der Waals surface area contributed by atoms with Crippen molar-refractivity contribution in [2.24, 2.45) is 0 Å². The Balaban J connectivity index is 1.55. The van der Waals surface area contributed by atoms with Gasteiger partial charge in [-0.3, -0.25) is 4.90 Å². The minimum absolute atomic E-state index is 0.638. The second-order valence-corrected chi connectivity index (χ2v) is 7.05. The summed E-state index contributed by atoms with van der Waals surface area (Å²) < 4.78 is 0. The van der Waals surface area contributed by atoms with Gasteiger partial charge >= 0.3 is 0 Å². The van der Waals surface area contributed by atoms with Gasteiger partial charge in [-0.25, -0.2) is 0 Å². The van der Waals surface area contributed by atoms with Crippen LogP contribution in [0.1, 0.15) is 24.5 Å². The van der Waals surface area contributed by atoms with Gasteiger partial charge in [-0.05, 0) is 36.6 Å². The number of hydrogen-bond acceptors (Lipinski definition) is 3. The molecule has 0 amide bonds. The molecule has 0 spiro atoms. The molecule has 2 aromatic carbocycles. The second kappa shape index (κ2) is 7.42. The van der Waals surface area contributed by atoms with E-state index in [-0.39, 0.29) is 0 Å². The predicted octanol–water partition coefficient (Wildman–Crippen LogP) is 3.99. The SMILES string of the molecule is CC1CNCCN1CCCN1c2ccccc2C=Cc2ccccc21. The van der Waals surface area contributed by atoms with E-state index in [9.17, 15) is 0 Å². The zero-order valence-electron chi connectivity index (χ0n) is 15.0. The molecule has 0 radical (unpaired) electrons. The summed E-state index contributed by atoms with van der Waals surface area (Å²) in [5.41, 5.74) is 5.23. The molecule has 2 aliphatic heterocycles. The Morgan fingerprint density at radius 2 is 1.56 bits per heavy atom. The first-order valence-corrected chi connectivity index (χ1v) is 9.41. The number of nitrogens with one attached hydrogen (secondary N) is 1. The normalized spacial score (nSPS) is 20.0. The number of nitrogens with zero attached hydrogens (tertiary/aromatic N) is 2. The molecular weight excluding hydrogens is 306 g/mol. The number of hydrogen-bond donors (Lipinski definition) is 1. The first-order valence-electron chi connectivity index (χ1n) is 9.41. The summed E-state index contributed by atoms with van der Waals surface area (Å²) in [6.45, 7) is 7.93. The van der Waals surface area contributed by atoms with Crippen LogP contribution in [0.15, 0.2) is 48.5 Å². The summed E-state index contributed by atoms with van der Waals surface area (Å²) in [6.07, 6.45) is 5.66. The van der Waals surface area contributed by atoms with Crippen LogP contribution >= 0.6 is 0 Å². The number of fused-ring (bicyclic) bond motifs is 2. The molecule has 0 aromatic heterocycles. The zero-order chi connectivity index (χ0) is 17.1. The van der Waals surface area contributed by atoms with Crippen molar-refractivity contribution < 1.29 is 0 Å². The van der Waals surface area contributed by atoms with E-state index >= 15 is 0 Å². The Morgan fingerprint density at radius 3 is 2.20 bits per heavy atom. The lowest BCUT2D eigenvalue weighted by Crippen LogP contribution is -2.50. The Morgan fingerprint density at radius 1 is 0.920 bits per heavy atom. The maximum atomic E-state index is 3.48. The van der Waals surface area contributed by atoms with Crippen molar-refractivity contribution in [2.45, 2.75) is 19.4 Å². The molecular formula is C22H27N3. The fraction of sp³-hybridized carbons (Fsp3) is 0.364. The van der Waals surface area contributed by atoms with Crippen LogP contribution < -0.4 is 10.2 Å². The monoisotopic (exact) mass is 333 g/mol. The van der Waals surface area contributed by atoms with Crippen molar-refractivity contribution in [2.75, 3.05) is 37.6 Å². The van der Waals surface area contributed by atoms with Crippen LogP contribution in [0.4, 0.5) is 11.4 Å². The van der Waals surface area contributed by atoms with Crippen LogP contribution in [0, 0.1) is 0 Å². The van der Waals surface area contributed by atoms with E-state index in [0.29, 0.717) is 6.04 Å². The number of rotatable bonds is 4. The largest absolute Gasteiger partial charge is 0.340 e. The fourth-order valence-electron chi connectivity index (χ4n) is 3.95. The topological polar surface area (TPSA) is 18.5 Å². The second-order valence-electron chi connectivity index (χ2n) is 7.05. The molecule has 25 heavy (non-hydrogen) atoms. The van der Waals surface area contributed by atoms with E-state index in [4.69, 9.17) is 0 Å². The number of para-hydroxylation sites is 2. The van der Waals surface area contributed by atoms with Gasteiger partial charge < -0.3 is 10.2 Å². The van der Waals surface area contributed by atoms with Crippen molar-refractivity contribution in [3.63, 3.8) is 0 Å². The van der Waals surface area contributed by atoms with Crippen molar-refractivity contribution in [1.82, 2.24) is 10.2 Å². The number of anilines is 2. The number of benzene rings is 2. The quantitative estimate of drug-likeness (QED) is 0.912. The average molecular weight is 333 g/mol. The Kier molecular flexibility index (Phi) is 4.86. The first-order chi connectivity index (χ1) is 12.3. The summed E-state index contributed by atoms with van der Waals surface area (Å²) in [5, 5.41) is 3.48. The summed E-state index contributed by atoms with van der Waals surface area (Å²) >= 11 is 0. The number of piperazine rings is 1. The van der Waals surface area contributed by atoms with Crippen LogP contribution in [0.25, 0.3) is 12.2 Å². The highest BCUT2D eigenvalue weighted by atomic mass is 15.2. The molecule has 0 aliphatic carbocycles. The van der Waals surface area contributed by atoms with Crippen LogP contribution in [-0.2, 0) is 0 Å². The van der Waals surface area contributed by atoms with Gasteiger partial charge in [-0.1, -0.05) is 48.6 Å². The van der Waals surface area contributed by atoms with Gasteiger partial charge in [0.25, 0.3) is 0 Å². The maximum Gasteiger partial charge on any atom is 0.0484 e. The lowest BCUT2D eigenvalue weighted by atomic mass is 10.1. The third-order valence-electron chi connectivity index (χ3n) is 5.36. The van der Waals surface area contributed by atoms with Gasteiger partial charge in [0.2, 0.25) is 0 Å². The maximum absolute atomic E-state index is 3.48. The van der Waals surface area contributed by atoms with E-state index in [1.807, 2.05) is 0 Å². The lowest BCUT2D eigenvalue weighted by molar-refractivity contribution is 0.173. The molecule has 0 saturated carbocycles. The highest BCUT2D eigenvalue weighted by molar-refractivity contribution is 5.88. The van der Waals surface area contributed by atoms with E-state index in [1.54, 1.807) is 0 Å². The Hall–Kier alpha value is -2.10. The molecule has 130 valence electrons. The molecule has 0 bridgehead atoms. The fourth-order valence-corrected chi connectivity index (χ4v) is 3.95. The molecule has 3 heteroatoms. The van der Waals surface area contributed by atoms with Gasteiger partial charge in [-0.2, -0.15) is 0 Å². The first kappa shape index (κ1) is 16.4. The van der Waals surface area contributed by atoms with Crippen molar-refractivity contribution in [3.8, 4) is 0 Å². The minimum atomic E-state index is 0.638. The minimum Gasteiger partial charge on any atom is -0.340 e. The smallest absolute Gasteiger partial charge is 0.0484 e. The van der Waals surface area contributed by atoms with E-state index in [1.165, 1.54) is 28.9 Å². The van der Waals surface area contributed by atoms with Gasteiger partial charge in [0.05, 0.1) is 0 Å². The standard InChI is InChI=1S/C22H27N3/c1-18-17-23-13-16-24(18)14-6-15-25-21-9-4-2-7-19(21)11-12-20-8-3-5-10-22(20)25/h2-5,7-12,18,23H,6,13-17H2,1H3. The summed E-state index contributed by atoms with van der Waals surface area (Å²) in [7, 11) is 0. The molecule has 1 unspecified atom stereocenters. The van der Waals surface area contributed by atoms with Crippen molar-refractivity contribution >= 4 is 23.5 Å². The third-order valence-corrected chi connectivity index (χ3v) is 5.36. The third kappa shape index (κ3) is 3.48. The summed E-state index contributed by atoms with van der Waals surface area (Å²) in [6, 6.07) is 18.1. The van der Waals surface area contributed by atoms with E-state index in [0.717, 1.165) is 32.7 Å². The molecule has 3 nitrogen and oxygen atoms in total. The van der Waals surface area contributed by atoms with Gasteiger partial charge in [0.1, 0.15) is 0 Å². The van der Waals surface area contributed by atoms with E-state index < -0.39 is 0 Å². The molecule has 2 aromatic rings. The molecule has 1 atom stereocenters. The predicted molar refractivity (Wildman–Crippen MR) is 107 cm³/mol.